The summed E-state index contributed by atoms with van der Waals surface area (Å²) >= 11 is 0. The lowest BCUT2D eigenvalue weighted by Crippen LogP contribution is -2.22. The molecular weight excluding hydrogens is 226 g/mol. The quantitative estimate of drug-likeness (QED) is 0.780. The first-order chi connectivity index (χ1) is 8.72. The minimum Gasteiger partial charge on any atom is -0.508 e. The van der Waals surface area contributed by atoms with Crippen LogP contribution in [0, 0.1) is 11.8 Å². The molecular formula is C15H17NO2. The van der Waals surface area contributed by atoms with Gasteiger partial charge in [0.1, 0.15) is 5.75 Å². The van der Waals surface area contributed by atoms with Crippen molar-refractivity contribution in [3.05, 3.63) is 28.8 Å². The van der Waals surface area contributed by atoms with Gasteiger partial charge >= 0.3 is 0 Å². The van der Waals surface area contributed by atoms with Crippen molar-refractivity contribution < 1.29 is 9.90 Å². The second kappa shape index (κ2) is 5.59. The second-order valence-electron chi connectivity index (χ2n) is 4.47. The molecule has 1 amide bonds. The zero-order chi connectivity index (χ0) is 13.0. The molecule has 3 heteroatoms. The summed E-state index contributed by atoms with van der Waals surface area (Å²) in [5, 5.41) is 12.6. The highest BCUT2D eigenvalue weighted by molar-refractivity contribution is 5.93. The smallest absolute Gasteiger partial charge is 0.296 e. The molecule has 0 fully saturated rings. The predicted molar refractivity (Wildman–Crippen MR) is 70.0 cm³/mol. The average molecular weight is 243 g/mol. The standard InChI is InChI=1S/C15H17NO2/c1-2-5-15(18)16-10-13-12-7-4-3-6-11(12)8-9-14(13)17/h8-9,17H,3-4,6-7,10H2,1H3,(H,16,18). The van der Waals surface area contributed by atoms with Gasteiger partial charge in [-0.05, 0) is 55.7 Å². The Morgan fingerprint density at radius 1 is 1.39 bits per heavy atom. The number of carbonyl (C=O) groups is 1. The highest BCUT2D eigenvalue weighted by atomic mass is 16.3. The summed E-state index contributed by atoms with van der Waals surface area (Å²) < 4.78 is 0. The first-order valence-electron chi connectivity index (χ1n) is 6.25. The van der Waals surface area contributed by atoms with Gasteiger partial charge in [0.2, 0.25) is 0 Å². The molecule has 1 aromatic carbocycles. The van der Waals surface area contributed by atoms with Crippen molar-refractivity contribution in [2.45, 2.75) is 39.2 Å². The molecule has 0 atom stereocenters. The van der Waals surface area contributed by atoms with Crippen molar-refractivity contribution in [2.75, 3.05) is 0 Å². The van der Waals surface area contributed by atoms with Crippen molar-refractivity contribution >= 4 is 5.91 Å². The number of nitrogens with one attached hydrogen (secondary N) is 1. The Morgan fingerprint density at radius 2 is 2.17 bits per heavy atom. The molecule has 0 heterocycles. The van der Waals surface area contributed by atoms with Crippen LogP contribution < -0.4 is 5.32 Å². The molecule has 3 nitrogen and oxygen atoms in total. The van der Waals surface area contributed by atoms with Gasteiger partial charge in [-0.15, -0.1) is 0 Å². The lowest BCUT2D eigenvalue weighted by Gasteiger charge is -2.20. The van der Waals surface area contributed by atoms with E-state index in [2.05, 4.69) is 17.2 Å². The molecule has 1 aromatic rings. The monoisotopic (exact) mass is 243 g/mol. The Bertz CT molecular complexity index is 523. The normalized spacial score (nSPS) is 13.2. The predicted octanol–water partition coefficient (Wildman–Crippen LogP) is 1.91. The summed E-state index contributed by atoms with van der Waals surface area (Å²) in [5.41, 5.74) is 3.34. The van der Waals surface area contributed by atoms with Crippen molar-refractivity contribution in [2.24, 2.45) is 0 Å². The van der Waals surface area contributed by atoms with Gasteiger partial charge in [0.25, 0.3) is 5.91 Å². The van der Waals surface area contributed by atoms with E-state index in [4.69, 9.17) is 0 Å². The third-order valence-electron chi connectivity index (χ3n) is 3.29. The third kappa shape index (κ3) is 2.65. The van der Waals surface area contributed by atoms with Crippen molar-refractivity contribution in [3.8, 4) is 17.6 Å². The van der Waals surface area contributed by atoms with E-state index >= 15 is 0 Å². The number of aryl methyl sites for hydroxylation is 1. The zero-order valence-electron chi connectivity index (χ0n) is 10.5. The molecule has 2 rings (SSSR count). The third-order valence-corrected chi connectivity index (χ3v) is 3.29. The number of rotatable bonds is 2. The number of aromatic hydroxyl groups is 1. The van der Waals surface area contributed by atoms with Gasteiger partial charge in [0.05, 0.1) is 0 Å². The highest BCUT2D eigenvalue weighted by Gasteiger charge is 2.16. The minimum atomic E-state index is -0.301. The van der Waals surface area contributed by atoms with Crippen LogP contribution in [-0.2, 0) is 24.2 Å². The van der Waals surface area contributed by atoms with Gasteiger partial charge < -0.3 is 10.4 Å². The lowest BCUT2D eigenvalue weighted by atomic mass is 9.88. The maximum Gasteiger partial charge on any atom is 0.296 e. The van der Waals surface area contributed by atoms with E-state index in [0.717, 1.165) is 24.8 Å². The van der Waals surface area contributed by atoms with Crippen LogP contribution in [0.25, 0.3) is 0 Å². The molecule has 0 saturated heterocycles. The van der Waals surface area contributed by atoms with Gasteiger partial charge in [-0.1, -0.05) is 12.0 Å². The topological polar surface area (TPSA) is 49.3 Å². The van der Waals surface area contributed by atoms with Crippen molar-refractivity contribution in [1.29, 1.82) is 0 Å². The molecule has 18 heavy (non-hydrogen) atoms. The van der Waals surface area contributed by atoms with Crippen LogP contribution >= 0.6 is 0 Å². The summed E-state index contributed by atoms with van der Waals surface area (Å²) in [6.45, 7) is 1.98. The first-order valence-corrected chi connectivity index (χ1v) is 6.25. The summed E-state index contributed by atoms with van der Waals surface area (Å²) in [6.07, 6.45) is 4.39. The number of amides is 1. The number of fused-ring (bicyclic) bond motifs is 1. The Hall–Kier alpha value is -1.95. The van der Waals surface area contributed by atoms with E-state index in [-0.39, 0.29) is 11.7 Å². The molecule has 0 saturated carbocycles. The van der Waals surface area contributed by atoms with Gasteiger partial charge in [-0.2, -0.15) is 0 Å². The minimum absolute atomic E-state index is 0.264. The van der Waals surface area contributed by atoms with E-state index < -0.39 is 0 Å². The maximum atomic E-state index is 11.3. The molecule has 0 radical (unpaired) electrons. The summed E-state index contributed by atoms with van der Waals surface area (Å²) in [7, 11) is 0. The van der Waals surface area contributed by atoms with Crippen LogP contribution in [-0.4, -0.2) is 11.0 Å². The number of hydrogen-bond donors (Lipinski definition) is 2. The van der Waals surface area contributed by atoms with Gasteiger partial charge in [0, 0.05) is 12.1 Å². The van der Waals surface area contributed by atoms with Gasteiger partial charge in [0.15, 0.2) is 0 Å². The fourth-order valence-electron chi connectivity index (χ4n) is 2.42. The van der Waals surface area contributed by atoms with Crippen LogP contribution in [0.5, 0.6) is 5.75 Å². The Kier molecular flexibility index (Phi) is 3.88. The Labute approximate surface area is 107 Å². The van der Waals surface area contributed by atoms with Crippen LogP contribution in [0.3, 0.4) is 0 Å². The fourth-order valence-corrected chi connectivity index (χ4v) is 2.42. The average Bonchev–Trinajstić information content (AvgIpc) is 2.38. The maximum absolute atomic E-state index is 11.3. The zero-order valence-corrected chi connectivity index (χ0v) is 10.5. The van der Waals surface area contributed by atoms with E-state index in [1.165, 1.54) is 17.5 Å². The molecule has 0 spiro atoms. The van der Waals surface area contributed by atoms with E-state index in [1.807, 2.05) is 6.07 Å². The molecule has 2 N–H and O–H groups in total. The number of benzene rings is 1. The Morgan fingerprint density at radius 3 is 2.94 bits per heavy atom. The molecule has 0 unspecified atom stereocenters. The number of hydrogen-bond acceptors (Lipinski definition) is 2. The number of phenolic OH excluding ortho intramolecular Hbond substituents is 1. The molecule has 1 aliphatic carbocycles. The highest BCUT2D eigenvalue weighted by Crippen LogP contribution is 2.30. The first kappa shape index (κ1) is 12.5. The van der Waals surface area contributed by atoms with Crippen LogP contribution in [0.15, 0.2) is 12.1 Å². The lowest BCUT2D eigenvalue weighted by molar-refractivity contribution is -0.115. The largest absolute Gasteiger partial charge is 0.508 e. The van der Waals surface area contributed by atoms with E-state index in [0.29, 0.717) is 6.54 Å². The van der Waals surface area contributed by atoms with Crippen LogP contribution in [0.4, 0.5) is 0 Å². The molecule has 94 valence electrons. The molecule has 0 aromatic heterocycles. The summed E-state index contributed by atoms with van der Waals surface area (Å²) in [4.78, 5) is 11.3. The number of carbonyl (C=O) groups excluding carboxylic acids is 1. The number of phenols is 1. The van der Waals surface area contributed by atoms with E-state index in [9.17, 15) is 9.90 Å². The van der Waals surface area contributed by atoms with E-state index in [1.54, 1.807) is 13.0 Å². The molecule has 1 aliphatic rings. The van der Waals surface area contributed by atoms with Gasteiger partial charge in [-0.3, -0.25) is 4.79 Å². The Balaban J connectivity index is 2.20. The SMILES string of the molecule is CC#CC(=O)NCc1c(O)ccc2c1CCCC2. The van der Waals surface area contributed by atoms with Crippen LogP contribution in [0.1, 0.15) is 36.5 Å². The second-order valence-corrected chi connectivity index (χ2v) is 4.47. The van der Waals surface area contributed by atoms with Crippen molar-refractivity contribution in [3.63, 3.8) is 0 Å². The summed E-state index contributed by atoms with van der Waals surface area (Å²) in [6, 6.07) is 3.71. The van der Waals surface area contributed by atoms with Crippen molar-refractivity contribution in [1.82, 2.24) is 5.32 Å². The molecule has 0 bridgehead atoms. The fraction of sp³-hybridized carbons (Fsp3) is 0.400. The molecule has 0 aliphatic heterocycles. The van der Waals surface area contributed by atoms with Gasteiger partial charge in [-0.25, -0.2) is 0 Å². The summed E-state index contributed by atoms with van der Waals surface area (Å²) in [5.74, 6) is 4.95. The van der Waals surface area contributed by atoms with Crippen LogP contribution in [0.2, 0.25) is 0 Å².